The van der Waals surface area contributed by atoms with Gasteiger partial charge in [0.05, 0.1) is 0 Å². The summed E-state index contributed by atoms with van der Waals surface area (Å²) in [5.41, 5.74) is 7.38. The number of amides is 1. The number of nitrogens with zero attached hydrogens (tertiary/aromatic N) is 1. The first-order valence-corrected chi connectivity index (χ1v) is 10.3. The van der Waals surface area contributed by atoms with Crippen molar-refractivity contribution in [2.24, 2.45) is 11.0 Å². The standard InChI is InChI=1S/C26H28N2O2/c1-4-24(19(2)3)27-28-26(29)22-16-14-20(15-17-22)18-30-25-13-9-8-12-23(25)21-10-6-5-7-11-21/h5-17,19H,4,18H2,1-3H3,(H,28,29)/b27-24+. The smallest absolute Gasteiger partial charge is 0.271 e. The van der Waals surface area contributed by atoms with Gasteiger partial charge in [-0.1, -0.05) is 81.4 Å². The molecule has 3 aromatic carbocycles. The average molecular weight is 401 g/mol. The minimum atomic E-state index is -0.205. The van der Waals surface area contributed by atoms with E-state index in [1.807, 2.05) is 55.5 Å². The molecule has 1 amide bonds. The number of hydrazone groups is 1. The van der Waals surface area contributed by atoms with E-state index in [9.17, 15) is 4.79 Å². The van der Waals surface area contributed by atoms with E-state index in [0.29, 0.717) is 18.1 Å². The van der Waals surface area contributed by atoms with Crippen molar-refractivity contribution in [1.82, 2.24) is 5.43 Å². The summed E-state index contributed by atoms with van der Waals surface area (Å²) in [5.74, 6) is 0.942. The Morgan fingerprint density at radius 1 is 0.933 bits per heavy atom. The first kappa shape index (κ1) is 21.3. The zero-order chi connectivity index (χ0) is 21.3. The first-order valence-electron chi connectivity index (χ1n) is 10.3. The summed E-state index contributed by atoms with van der Waals surface area (Å²) >= 11 is 0. The molecule has 0 aliphatic heterocycles. The van der Waals surface area contributed by atoms with E-state index in [4.69, 9.17) is 4.74 Å². The molecule has 0 bridgehead atoms. The van der Waals surface area contributed by atoms with E-state index in [-0.39, 0.29) is 5.91 Å². The van der Waals surface area contributed by atoms with Crippen LogP contribution in [0.4, 0.5) is 0 Å². The highest BCUT2D eigenvalue weighted by atomic mass is 16.5. The maximum atomic E-state index is 12.3. The number of benzene rings is 3. The van der Waals surface area contributed by atoms with Crippen LogP contribution < -0.4 is 10.2 Å². The van der Waals surface area contributed by atoms with Gasteiger partial charge in [0.25, 0.3) is 5.91 Å². The number of rotatable bonds is 8. The van der Waals surface area contributed by atoms with E-state index in [1.165, 1.54) is 0 Å². The fourth-order valence-electron chi connectivity index (χ4n) is 3.17. The third kappa shape index (κ3) is 5.57. The Kier molecular flexibility index (Phi) is 7.39. The van der Waals surface area contributed by atoms with Gasteiger partial charge < -0.3 is 4.74 Å². The molecule has 4 heteroatoms. The molecule has 154 valence electrons. The fraction of sp³-hybridized carbons (Fsp3) is 0.231. The van der Waals surface area contributed by atoms with Crippen molar-refractivity contribution < 1.29 is 9.53 Å². The molecule has 0 aliphatic rings. The molecule has 0 atom stereocenters. The number of ether oxygens (including phenoxy) is 1. The maximum Gasteiger partial charge on any atom is 0.271 e. The van der Waals surface area contributed by atoms with E-state index >= 15 is 0 Å². The molecule has 3 rings (SSSR count). The van der Waals surface area contributed by atoms with Crippen LogP contribution in [0.2, 0.25) is 0 Å². The van der Waals surface area contributed by atoms with Crippen LogP contribution >= 0.6 is 0 Å². The Bertz CT molecular complexity index is 993. The van der Waals surface area contributed by atoms with E-state index in [1.54, 1.807) is 12.1 Å². The minimum Gasteiger partial charge on any atom is -0.488 e. The highest BCUT2D eigenvalue weighted by molar-refractivity contribution is 5.95. The van der Waals surface area contributed by atoms with Crippen LogP contribution in [0.25, 0.3) is 11.1 Å². The molecule has 0 saturated carbocycles. The Morgan fingerprint density at radius 3 is 2.27 bits per heavy atom. The van der Waals surface area contributed by atoms with Crippen LogP contribution in [0.1, 0.15) is 43.1 Å². The van der Waals surface area contributed by atoms with Crippen molar-refractivity contribution in [1.29, 1.82) is 0 Å². The van der Waals surface area contributed by atoms with E-state index < -0.39 is 0 Å². The lowest BCUT2D eigenvalue weighted by atomic mass is 10.0. The molecule has 1 N–H and O–H groups in total. The Labute approximate surface area is 178 Å². The SMILES string of the molecule is CC/C(=N\NC(=O)c1ccc(COc2ccccc2-c2ccccc2)cc1)C(C)C. The second-order valence-corrected chi connectivity index (χ2v) is 7.40. The highest BCUT2D eigenvalue weighted by Gasteiger charge is 2.08. The van der Waals surface area contributed by atoms with Crippen molar-refractivity contribution in [3.05, 3.63) is 90.0 Å². The molecule has 4 nitrogen and oxygen atoms in total. The Balaban J connectivity index is 1.64. The van der Waals surface area contributed by atoms with Gasteiger partial charge in [0.2, 0.25) is 0 Å². The predicted octanol–water partition coefficient (Wildman–Crippen LogP) is 6.08. The normalized spacial score (nSPS) is 11.4. The molecule has 0 aliphatic carbocycles. The van der Waals surface area contributed by atoms with Crippen LogP contribution in [0, 0.1) is 5.92 Å². The van der Waals surface area contributed by atoms with Gasteiger partial charge in [0, 0.05) is 16.8 Å². The highest BCUT2D eigenvalue weighted by Crippen LogP contribution is 2.30. The van der Waals surface area contributed by atoms with Gasteiger partial charge in [0.15, 0.2) is 0 Å². The molecule has 0 aromatic heterocycles. The largest absolute Gasteiger partial charge is 0.488 e. The van der Waals surface area contributed by atoms with Crippen molar-refractivity contribution in [3.63, 3.8) is 0 Å². The van der Waals surface area contributed by atoms with Crippen LogP contribution in [0.15, 0.2) is 84.0 Å². The zero-order valence-corrected chi connectivity index (χ0v) is 17.8. The summed E-state index contributed by atoms with van der Waals surface area (Å²) in [7, 11) is 0. The number of nitrogens with one attached hydrogen (secondary N) is 1. The Morgan fingerprint density at radius 2 is 1.60 bits per heavy atom. The van der Waals surface area contributed by atoms with Crippen molar-refractivity contribution >= 4 is 11.6 Å². The summed E-state index contributed by atoms with van der Waals surface area (Å²) in [6, 6.07) is 25.6. The van der Waals surface area contributed by atoms with Crippen molar-refractivity contribution in [3.8, 4) is 16.9 Å². The molecule has 30 heavy (non-hydrogen) atoms. The molecule has 0 saturated heterocycles. The molecule has 0 spiro atoms. The van der Waals surface area contributed by atoms with Crippen LogP contribution in [0.3, 0.4) is 0 Å². The molecule has 0 fully saturated rings. The van der Waals surface area contributed by atoms with Gasteiger partial charge >= 0.3 is 0 Å². The molecule has 0 unspecified atom stereocenters. The summed E-state index contributed by atoms with van der Waals surface area (Å²) < 4.78 is 6.08. The number of hydrogen-bond acceptors (Lipinski definition) is 3. The lowest BCUT2D eigenvalue weighted by Gasteiger charge is -2.12. The van der Waals surface area contributed by atoms with Gasteiger partial charge in [0.1, 0.15) is 12.4 Å². The molecular formula is C26H28N2O2. The van der Waals surface area contributed by atoms with Crippen LogP contribution in [-0.2, 0) is 6.61 Å². The van der Waals surface area contributed by atoms with E-state index in [0.717, 1.165) is 34.6 Å². The van der Waals surface area contributed by atoms with Crippen molar-refractivity contribution in [2.75, 3.05) is 0 Å². The molecular weight excluding hydrogens is 372 g/mol. The quantitative estimate of drug-likeness (QED) is 0.368. The van der Waals surface area contributed by atoms with Gasteiger partial charge in [-0.05, 0) is 41.7 Å². The maximum absolute atomic E-state index is 12.3. The van der Waals surface area contributed by atoms with Gasteiger partial charge in [-0.3, -0.25) is 4.79 Å². The minimum absolute atomic E-state index is 0.205. The second-order valence-electron chi connectivity index (χ2n) is 7.40. The predicted molar refractivity (Wildman–Crippen MR) is 123 cm³/mol. The lowest BCUT2D eigenvalue weighted by molar-refractivity contribution is 0.0954. The number of hydrogen-bond donors (Lipinski definition) is 1. The molecule has 3 aromatic rings. The summed E-state index contributed by atoms with van der Waals surface area (Å²) in [6.07, 6.45) is 0.818. The fourth-order valence-corrected chi connectivity index (χ4v) is 3.17. The Hall–Kier alpha value is -3.40. The monoisotopic (exact) mass is 400 g/mol. The third-order valence-electron chi connectivity index (χ3n) is 4.91. The number of carbonyl (C=O) groups excluding carboxylic acids is 1. The van der Waals surface area contributed by atoms with Crippen LogP contribution in [0.5, 0.6) is 5.75 Å². The topological polar surface area (TPSA) is 50.7 Å². The first-order chi connectivity index (χ1) is 14.6. The molecule has 0 radical (unpaired) electrons. The zero-order valence-electron chi connectivity index (χ0n) is 17.8. The van der Waals surface area contributed by atoms with Crippen LogP contribution in [-0.4, -0.2) is 11.6 Å². The third-order valence-corrected chi connectivity index (χ3v) is 4.91. The number of carbonyl (C=O) groups is 1. The van der Waals surface area contributed by atoms with Gasteiger partial charge in [-0.25, -0.2) is 5.43 Å². The van der Waals surface area contributed by atoms with Crippen molar-refractivity contribution in [2.45, 2.75) is 33.8 Å². The number of para-hydroxylation sites is 1. The second kappa shape index (κ2) is 10.4. The molecule has 0 heterocycles. The average Bonchev–Trinajstić information content (AvgIpc) is 2.79. The lowest BCUT2D eigenvalue weighted by Crippen LogP contribution is -2.21. The van der Waals surface area contributed by atoms with Gasteiger partial charge in [-0.2, -0.15) is 5.10 Å². The summed E-state index contributed by atoms with van der Waals surface area (Å²) in [4.78, 5) is 12.3. The summed E-state index contributed by atoms with van der Waals surface area (Å²) in [5, 5.41) is 4.25. The van der Waals surface area contributed by atoms with Gasteiger partial charge in [-0.15, -0.1) is 0 Å². The van der Waals surface area contributed by atoms with E-state index in [2.05, 4.69) is 42.6 Å². The summed E-state index contributed by atoms with van der Waals surface area (Å²) in [6.45, 7) is 6.60.